The number of carbonyl (C=O) groups is 4. The number of hydrogen-bond acceptors (Lipinski definition) is 4. The SMILES string of the molecule is CC(C)(C)NC(=O)c1c2c(c(C(=O)NC(C)(C)C)c3c1CC(C=O)(c1ccccc1)C3)CC(C=O)(c1ccccc1)C2. The first-order chi connectivity index (χ1) is 19.7. The third kappa shape index (κ3) is 5.19. The number of amides is 2. The number of nitrogens with one attached hydrogen (secondary N) is 2. The van der Waals surface area contributed by atoms with Crippen molar-refractivity contribution in [3.05, 3.63) is 105 Å². The van der Waals surface area contributed by atoms with E-state index >= 15 is 0 Å². The molecule has 2 aliphatic carbocycles. The van der Waals surface area contributed by atoms with Crippen LogP contribution in [0.4, 0.5) is 0 Å². The van der Waals surface area contributed by atoms with Crippen LogP contribution in [0, 0.1) is 0 Å². The molecule has 0 aliphatic heterocycles. The van der Waals surface area contributed by atoms with E-state index in [-0.39, 0.29) is 11.8 Å². The van der Waals surface area contributed by atoms with Crippen molar-refractivity contribution in [1.82, 2.24) is 10.6 Å². The second-order valence-electron chi connectivity index (χ2n) is 14.1. The predicted molar refractivity (Wildman–Crippen MR) is 164 cm³/mol. The minimum atomic E-state index is -0.909. The van der Waals surface area contributed by atoms with E-state index in [4.69, 9.17) is 0 Å². The summed E-state index contributed by atoms with van der Waals surface area (Å²) in [6.07, 6.45) is 3.14. The molecule has 42 heavy (non-hydrogen) atoms. The highest BCUT2D eigenvalue weighted by Crippen LogP contribution is 2.49. The van der Waals surface area contributed by atoms with Crippen LogP contribution < -0.4 is 10.6 Å². The lowest BCUT2D eigenvalue weighted by Gasteiger charge is -2.26. The van der Waals surface area contributed by atoms with E-state index in [0.717, 1.165) is 46.0 Å². The van der Waals surface area contributed by atoms with Gasteiger partial charge in [0.2, 0.25) is 0 Å². The largest absolute Gasteiger partial charge is 0.347 e. The topological polar surface area (TPSA) is 92.3 Å². The first-order valence-corrected chi connectivity index (χ1v) is 14.6. The lowest BCUT2D eigenvalue weighted by atomic mass is 9.77. The van der Waals surface area contributed by atoms with Gasteiger partial charge in [-0.15, -0.1) is 0 Å². The van der Waals surface area contributed by atoms with E-state index in [9.17, 15) is 19.2 Å². The summed E-state index contributed by atoms with van der Waals surface area (Å²) in [5.41, 5.74) is 2.75. The number of benzene rings is 3. The second-order valence-corrected chi connectivity index (χ2v) is 14.1. The Bertz CT molecular complexity index is 1400. The summed E-state index contributed by atoms with van der Waals surface area (Å²) in [7, 11) is 0. The van der Waals surface area contributed by atoms with Crippen molar-refractivity contribution in [3.63, 3.8) is 0 Å². The molecule has 6 nitrogen and oxygen atoms in total. The Kier molecular flexibility index (Phi) is 7.24. The van der Waals surface area contributed by atoms with Crippen LogP contribution in [0.25, 0.3) is 0 Å². The molecule has 0 bridgehead atoms. The first-order valence-electron chi connectivity index (χ1n) is 14.6. The van der Waals surface area contributed by atoms with Crippen molar-refractivity contribution in [1.29, 1.82) is 0 Å². The molecule has 0 radical (unpaired) electrons. The molecule has 6 heteroatoms. The summed E-state index contributed by atoms with van der Waals surface area (Å²) in [5.74, 6) is -0.496. The number of aldehydes is 2. The van der Waals surface area contributed by atoms with Gasteiger partial charge in [0.1, 0.15) is 12.6 Å². The minimum absolute atomic E-state index is 0.248. The van der Waals surface area contributed by atoms with Gasteiger partial charge in [0, 0.05) is 22.2 Å². The van der Waals surface area contributed by atoms with Crippen molar-refractivity contribution in [3.8, 4) is 0 Å². The van der Waals surface area contributed by atoms with Crippen LogP contribution in [-0.2, 0) is 46.1 Å². The van der Waals surface area contributed by atoms with Crippen molar-refractivity contribution >= 4 is 24.4 Å². The summed E-state index contributed by atoms with van der Waals surface area (Å²) in [5, 5.41) is 6.27. The van der Waals surface area contributed by atoms with Crippen molar-refractivity contribution in [2.45, 2.75) is 89.1 Å². The zero-order valence-electron chi connectivity index (χ0n) is 25.4. The van der Waals surface area contributed by atoms with Crippen LogP contribution in [0.2, 0.25) is 0 Å². The lowest BCUT2D eigenvalue weighted by Crippen LogP contribution is -2.42. The maximum atomic E-state index is 14.2. The molecule has 218 valence electrons. The van der Waals surface area contributed by atoms with E-state index < -0.39 is 21.9 Å². The third-order valence-electron chi connectivity index (χ3n) is 8.48. The molecule has 2 aliphatic rings. The van der Waals surface area contributed by atoms with Crippen LogP contribution in [-0.4, -0.2) is 35.5 Å². The van der Waals surface area contributed by atoms with Gasteiger partial charge in [-0.1, -0.05) is 60.7 Å². The summed E-state index contributed by atoms with van der Waals surface area (Å²) in [6.45, 7) is 11.6. The van der Waals surface area contributed by atoms with Crippen molar-refractivity contribution < 1.29 is 19.2 Å². The molecule has 2 amide bonds. The number of hydrogen-bond donors (Lipinski definition) is 2. The highest BCUT2D eigenvalue weighted by Gasteiger charge is 2.49. The van der Waals surface area contributed by atoms with Gasteiger partial charge in [-0.05, 0) is 101 Å². The fourth-order valence-electron chi connectivity index (χ4n) is 6.74. The first kappa shape index (κ1) is 29.4. The minimum Gasteiger partial charge on any atom is -0.347 e. The van der Waals surface area contributed by atoms with E-state index in [1.807, 2.05) is 102 Å². The monoisotopic (exact) mass is 564 g/mol. The van der Waals surface area contributed by atoms with Crippen LogP contribution in [0.5, 0.6) is 0 Å². The Balaban J connectivity index is 1.81. The molecule has 0 saturated heterocycles. The molecule has 0 atom stereocenters. The molecule has 0 heterocycles. The van der Waals surface area contributed by atoms with Gasteiger partial charge in [-0.3, -0.25) is 9.59 Å². The van der Waals surface area contributed by atoms with Gasteiger partial charge >= 0.3 is 0 Å². The van der Waals surface area contributed by atoms with Gasteiger partial charge in [0.15, 0.2) is 0 Å². The second kappa shape index (κ2) is 10.3. The van der Waals surface area contributed by atoms with E-state index in [1.54, 1.807) is 0 Å². The van der Waals surface area contributed by atoms with Crippen LogP contribution >= 0.6 is 0 Å². The maximum absolute atomic E-state index is 14.2. The van der Waals surface area contributed by atoms with Crippen molar-refractivity contribution in [2.24, 2.45) is 0 Å². The normalized spacial score (nSPS) is 16.7. The van der Waals surface area contributed by atoms with Crippen molar-refractivity contribution in [2.75, 3.05) is 0 Å². The Hall–Kier alpha value is -4.06. The van der Waals surface area contributed by atoms with Gasteiger partial charge in [0.05, 0.1) is 10.8 Å². The highest BCUT2D eigenvalue weighted by atomic mass is 16.2. The predicted octanol–water partition coefficient (Wildman–Crippen LogP) is 5.21. The van der Waals surface area contributed by atoms with E-state index in [0.29, 0.717) is 36.8 Å². The molecule has 2 N–H and O–H groups in total. The van der Waals surface area contributed by atoms with E-state index in [2.05, 4.69) is 10.6 Å². The van der Waals surface area contributed by atoms with Crippen LogP contribution in [0.15, 0.2) is 60.7 Å². The summed E-state index contributed by atoms with van der Waals surface area (Å²) in [6, 6.07) is 19.2. The zero-order chi connectivity index (χ0) is 30.5. The number of carbonyl (C=O) groups excluding carboxylic acids is 4. The fraction of sp³-hybridized carbons (Fsp3) is 0.389. The number of rotatable bonds is 6. The van der Waals surface area contributed by atoms with E-state index in [1.165, 1.54) is 0 Å². The molecule has 0 spiro atoms. The average molecular weight is 565 g/mol. The van der Waals surface area contributed by atoms with Crippen LogP contribution in [0.1, 0.15) is 95.6 Å². The Morgan fingerprint density at radius 3 is 1.10 bits per heavy atom. The zero-order valence-corrected chi connectivity index (χ0v) is 25.4. The molecule has 0 saturated carbocycles. The average Bonchev–Trinajstić information content (AvgIpc) is 3.50. The molecule has 0 fully saturated rings. The van der Waals surface area contributed by atoms with Gasteiger partial charge in [-0.2, -0.15) is 0 Å². The smallest absolute Gasteiger partial charge is 0.252 e. The Morgan fingerprint density at radius 1 is 0.571 bits per heavy atom. The summed E-state index contributed by atoms with van der Waals surface area (Å²) in [4.78, 5) is 54.3. The Labute approximate surface area is 248 Å². The molecular weight excluding hydrogens is 524 g/mol. The Morgan fingerprint density at radius 2 is 0.857 bits per heavy atom. The molecule has 3 aromatic carbocycles. The lowest BCUT2D eigenvalue weighted by molar-refractivity contribution is -0.113. The van der Waals surface area contributed by atoms with Gasteiger partial charge < -0.3 is 20.2 Å². The molecule has 5 rings (SSSR count). The summed E-state index contributed by atoms with van der Waals surface area (Å²) >= 11 is 0. The highest BCUT2D eigenvalue weighted by molar-refractivity contribution is 6.05. The molecule has 3 aromatic rings. The molecule has 0 unspecified atom stereocenters. The standard InChI is InChI=1S/C36H40N2O4/c1-33(2,3)37-31(41)29-25-17-35(21-39,23-13-9-7-10-14-23)19-27(25)30(32(42)38-34(4,5)6)28-20-36(22-40,18-26(28)29)24-15-11-8-12-16-24/h7-16,21-22H,17-20H2,1-6H3,(H,37,41)(H,38,42). The summed E-state index contributed by atoms with van der Waals surface area (Å²) < 4.78 is 0. The van der Waals surface area contributed by atoms with Gasteiger partial charge in [0.25, 0.3) is 11.8 Å². The molecular formula is C36H40N2O4. The quantitative estimate of drug-likeness (QED) is 0.402. The number of fused-ring (bicyclic) bond motifs is 2. The van der Waals surface area contributed by atoms with Gasteiger partial charge in [-0.25, -0.2) is 0 Å². The van der Waals surface area contributed by atoms with Crippen LogP contribution in [0.3, 0.4) is 0 Å². The molecule has 0 aromatic heterocycles. The fourth-order valence-corrected chi connectivity index (χ4v) is 6.74. The third-order valence-corrected chi connectivity index (χ3v) is 8.48. The maximum Gasteiger partial charge on any atom is 0.252 e.